The van der Waals surface area contributed by atoms with Crippen molar-refractivity contribution in [1.82, 2.24) is 5.32 Å². The van der Waals surface area contributed by atoms with Crippen molar-refractivity contribution in [2.75, 3.05) is 25.2 Å². The second-order valence-corrected chi connectivity index (χ2v) is 7.43. The summed E-state index contributed by atoms with van der Waals surface area (Å²) in [6.07, 6.45) is 2.14. The molecule has 0 aliphatic carbocycles. The zero-order chi connectivity index (χ0) is 20.5. The van der Waals surface area contributed by atoms with Crippen LogP contribution < -0.4 is 16.0 Å². The van der Waals surface area contributed by atoms with Gasteiger partial charge in [0.25, 0.3) is 0 Å². The molecule has 3 unspecified atom stereocenters. The first-order valence-electron chi connectivity index (χ1n) is 9.15. The highest BCUT2D eigenvalue weighted by molar-refractivity contribution is 5.98. The van der Waals surface area contributed by atoms with Crippen LogP contribution in [0, 0.1) is 6.92 Å². The maximum atomic E-state index is 11.3. The van der Waals surface area contributed by atoms with Gasteiger partial charge in [-0.15, -0.1) is 5.11 Å². The van der Waals surface area contributed by atoms with Gasteiger partial charge >= 0.3 is 6.09 Å². The molecule has 0 spiro atoms. The highest BCUT2D eigenvalue weighted by atomic mass is 16.6. The Morgan fingerprint density at radius 1 is 1.48 bits per heavy atom. The fraction of sp³-hybridized carbons (Fsp3) is 0.444. The lowest BCUT2D eigenvalue weighted by atomic mass is 9.88. The molecule has 11 nitrogen and oxygen atoms in total. The van der Waals surface area contributed by atoms with Crippen LogP contribution in [-0.4, -0.2) is 60.2 Å². The molecular weight excluding hydrogens is 380 g/mol. The SMILES string of the molecule is CO[C@@]12C(COC(N)=O)c3c(O)c(N=C4C=CN=N4)c(C)c(O)c3N1CC1NC12. The molecule has 1 aromatic carbocycles. The van der Waals surface area contributed by atoms with E-state index in [1.165, 1.54) is 6.20 Å². The Labute approximate surface area is 165 Å². The van der Waals surface area contributed by atoms with Gasteiger partial charge in [0.05, 0.1) is 23.8 Å². The number of anilines is 1. The van der Waals surface area contributed by atoms with E-state index in [-0.39, 0.29) is 35.9 Å². The Morgan fingerprint density at radius 2 is 2.28 bits per heavy atom. The molecule has 11 heteroatoms. The van der Waals surface area contributed by atoms with Crippen molar-refractivity contribution >= 4 is 23.3 Å². The van der Waals surface area contributed by atoms with Crippen molar-refractivity contribution in [3.8, 4) is 11.5 Å². The molecule has 1 aromatic rings. The number of aliphatic imine (C=N–C) groups is 1. The van der Waals surface area contributed by atoms with Crippen LogP contribution in [-0.2, 0) is 9.47 Å². The summed E-state index contributed by atoms with van der Waals surface area (Å²) in [6.45, 7) is 2.13. The van der Waals surface area contributed by atoms with Gasteiger partial charge in [0.15, 0.2) is 11.6 Å². The second kappa shape index (κ2) is 5.91. The van der Waals surface area contributed by atoms with Crippen LogP contribution >= 0.6 is 0 Å². The van der Waals surface area contributed by atoms with Crippen LogP contribution in [0.15, 0.2) is 27.5 Å². The van der Waals surface area contributed by atoms with Crippen LogP contribution in [0.25, 0.3) is 0 Å². The number of carbonyl (C=O) groups is 1. The number of fused-ring (bicyclic) bond motifs is 5. The minimum absolute atomic E-state index is 0.0136. The van der Waals surface area contributed by atoms with E-state index in [9.17, 15) is 15.0 Å². The van der Waals surface area contributed by atoms with Crippen LogP contribution in [0.1, 0.15) is 17.0 Å². The van der Waals surface area contributed by atoms with Gasteiger partial charge in [-0.05, 0) is 6.92 Å². The van der Waals surface area contributed by atoms with E-state index in [0.717, 1.165) is 0 Å². The third-order valence-corrected chi connectivity index (χ3v) is 6.12. The first-order chi connectivity index (χ1) is 13.9. The summed E-state index contributed by atoms with van der Waals surface area (Å²) in [5.41, 5.74) is 5.71. The predicted octanol–water partition coefficient (Wildman–Crippen LogP) is 1.11. The summed E-state index contributed by atoms with van der Waals surface area (Å²) >= 11 is 0. The van der Waals surface area contributed by atoms with E-state index in [4.69, 9.17) is 15.2 Å². The Balaban J connectivity index is 1.72. The van der Waals surface area contributed by atoms with Gasteiger partial charge in [-0.25, -0.2) is 9.79 Å². The monoisotopic (exact) mass is 400 g/mol. The third kappa shape index (κ3) is 2.25. The Kier molecular flexibility index (Phi) is 3.64. The number of phenolic OH excluding ortho intramolecular Hbond substituents is 2. The molecule has 1 amide bonds. The highest BCUT2D eigenvalue weighted by Crippen LogP contribution is 2.64. The molecule has 2 fully saturated rings. The van der Waals surface area contributed by atoms with Crippen molar-refractivity contribution in [2.45, 2.75) is 30.7 Å². The van der Waals surface area contributed by atoms with Gasteiger partial charge in [0, 0.05) is 36.9 Å². The summed E-state index contributed by atoms with van der Waals surface area (Å²) in [7, 11) is 1.56. The number of azo groups is 1. The van der Waals surface area contributed by atoms with Gasteiger partial charge in [-0.3, -0.25) is 0 Å². The molecule has 4 aliphatic rings. The van der Waals surface area contributed by atoms with E-state index >= 15 is 0 Å². The number of primary amides is 1. The number of amides is 1. The first-order valence-corrected chi connectivity index (χ1v) is 9.15. The number of aromatic hydroxyl groups is 2. The van der Waals surface area contributed by atoms with E-state index in [0.29, 0.717) is 29.2 Å². The lowest BCUT2D eigenvalue weighted by Gasteiger charge is -2.38. The number of benzene rings is 1. The topological polar surface area (TPSA) is 164 Å². The van der Waals surface area contributed by atoms with Gasteiger partial charge in [-0.2, -0.15) is 5.11 Å². The molecule has 2 saturated heterocycles. The number of piperazine rings is 1. The standard InChI is InChI=1S/C18H20N6O5/c1-7-12(22-10-3-4-20-23-10)15(26)11-8(6-29-17(19)27)18(28-2)16-9(21-16)5-24(18)13(11)14(7)25/h3-4,8-9,16,21,25-26H,5-6H2,1-2H3,(H2,19,27)/t8?,9?,16?,18-/m1/s1. The predicted molar refractivity (Wildman–Crippen MR) is 102 cm³/mol. The van der Waals surface area contributed by atoms with Crippen LogP contribution in [0.2, 0.25) is 0 Å². The fourth-order valence-electron chi connectivity index (χ4n) is 4.85. The molecule has 5 rings (SSSR count). The number of ether oxygens (including phenoxy) is 2. The molecule has 0 radical (unpaired) electrons. The van der Waals surface area contributed by atoms with Crippen LogP contribution in [0.4, 0.5) is 16.2 Å². The van der Waals surface area contributed by atoms with Gasteiger partial charge in [0.1, 0.15) is 23.8 Å². The number of hydrogen-bond acceptors (Lipinski definition) is 9. The molecule has 0 bridgehead atoms. The highest BCUT2D eigenvalue weighted by Gasteiger charge is 2.71. The average Bonchev–Trinajstić information content (AvgIpc) is 3.05. The zero-order valence-electron chi connectivity index (χ0n) is 15.8. The molecule has 5 N–H and O–H groups in total. The zero-order valence-corrected chi connectivity index (χ0v) is 15.8. The fourth-order valence-corrected chi connectivity index (χ4v) is 4.85. The largest absolute Gasteiger partial charge is 0.505 e. The second-order valence-electron chi connectivity index (χ2n) is 7.43. The number of carbonyl (C=O) groups excluding carboxylic acids is 1. The number of phenols is 2. The molecular formula is C18H20N6O5. The molecule has 152 valence electrons. The van der Waals surface area contributed by atoms with Crippen molar-refractivity contribution in [3.63, 3.8) is 0 Å². The third-order valence-electron chi connectivity index (χ3n) is 6.12. The summed E-state index contributed by atoms with van der Waals surface area (Å²) < 4.78 is 11.1. The van der Waals surface area contributed by atoms with E-state index in [1.54, 1.807) is 20.1 Å². The number of nitrogens with two attached hydrogens (primary N) is 1. The van der Waals surface area contributed by atoms with Gasteiger partial charge in [-0.1, -0.05) is 0 Å². The number of hydrogen-bond donors (Lipinski definition) is 4. The molecule has 4 aliphatic heterocycles. The summed E-state index contributed by atoms with van der Waals surface area (Å²) in [4.78, 5) is 17.6. The van der Waals surface area contributed by atoms with Crippen molar-refractivity contribution in [3.05, 3.63) is 23.4 Å². The normalized spacial score (nSPS) is 31.9. The van der Waals surface area contributed by atoms with E-state index < -0.39 is 17.7 Å². The maximum absolute atomic E-state index is 11.3. The first kappa shape index (κ1) is 17.9. The van der Waals surface area contributed by atoms with E-state index in [1.807, 2.05) is 4.90 Å². The van der Waals surface area contributed by atoms with Crippen molar-refractivity contribution in [2.24, 2.45) is 21.0 Å². The Bertz CT molecular complexity index is 1010. The van der Waals surface area contributed by atoms with Crippen LogP contribution in [0.5, 0.6) is 11.5 Å². The van der Waals surface area contributed by atoms with Crippen molar-refractivity contribution in [1.29, 1.82) is 0 Å². The Hall–Kier alpha value is -3.18. The summed E-state index contributed by atoms with van der Waals surface area (Å²) in [6, 6.07) is 0.145. The molecule has 4 atom stereocenters. The Morgan fingerprint density at radius 3 is 2.93 bits per heavy atom. The summed E-state index contributed by atoms with van der Waals surface area (Å²) in [5, 5.41) is 33.2. The van der Waals surface area contributed by atoms with Crippen LogP contribution in [0.3, 0.4) is 0 Å². The lowest BCUT2D eigenvalue weighted by Crippen LogP contribution is -2.54. The number of rotatable bonds is 4. The number of nitrogens with zero attached hydrogens (tertiary/aromatic N) is 4. The lowest BCUT2D eigenvalue weighted by molar-refractivity contribution is -0.0337. The maximum Gasteiger partial charge on any atom is 0.404 e. The van der Waals surface area contributed by atoms with Gasteiger partial charge in [0.2, 0.25) is 0 Å². The molecule has 4 heterocycles. The average molecular weight is 400 g/mol. The van der Waals surface area contributed by atoms with Gasteiger partial charge < -0.3 is 35.6 Å². The minimum Gasteiger partial charge on any atom is -0.505 e. The van der Waals surface area contributed by atoms with E-state index in [2.05, 4.69) is 20.5 Å². The minimum atomic E-state index is -0.928. The molecule has 0 aromatic heterocycles. The quantitative estimate of drug-likeness (QED) is 0.434. The smallest absolute Gasteiger partial charge is 0.404 e. The summed E-state index contributed by atoms with van der Waals surface area (Å²) in [5.74, 6) is -0.428. The molecule has 29 heavy (non-hydrogen) atoms. The number of methoxy groups -OCH3 is 1. The number of amidine groups is 1. The van der Waals surface area contributed by atoms with Crippen molar-refractivity contribution < 1.29 is 24.5 Å². The number of nitrogens with one attached hydrogen (secondary N) is 1. The molecule has 0 saturated carbocycles.